The Morgan fingerprint density at radius 1 is 0.958 bits per heavy atom. The van der Waals surface area contributed by atoms with Crippen molar-refractivity contribution in [2.45, 2.75) is 20.8 Å². The Morgan fingerprint density at radius 2 is 1.58 bits per heavy atom. The second kappa shape index (κ2) is 7.69. The first kappa shape index (κ1) is 18.3. The zero-order valence-corrected chi connectivity index (χ0v) is 15.1. The fraction of sp³-hybridized carbons (Fsp3) is 0.222. The SMILES string of the molecule is Cc1ccc(NC(=O)C(C)C)cc1NC(=O)c1cc(Cl)cc(Cl)c1. The number of hydrogen-bond donors (Lipinski definition) is 2. The monoisotopic (exact) mass is 364 g/mol. The molecule has 0 fully saturated rings. The molecule has 0 aliphatic rings. The van der Waals surface area contributed by atoms with Crippen LogP contribution in [0.1, 0.15) is 29.8 Å². The van der Waals surface area contributed by atoms with Crippen LogP contribution in [0.4, 0.5) is 11.4 Å². The summed E-state index contributed by atoms with van der Waals surface area (Å²) in [6.07, 6.45) is 0. The first-order chi connectivity index (χ1) is 11.3. The van der Waals surface area contributed by atoms with E-state index < -0.39 is 0 Å². The fourth-order valence-corrected chi connectivity index (χ4v) is 2.53. The number of benzene rings is 2. The van der Waals surface area contributed by atoms with Gasteiger partial charge in [0, 0.05) is 32.9 Å². The molecule has 0 atom stereocenters. The van der Waals surface area contributed by atoms with Gasteiger partial charge in [0.15, 0.2) is 0 Å². The minimum atomic E-state index is -0.324. The Kier molecular flexibility index (Phi) is 5.86. The molecule has 2 aromatic rings. The molecule has 4 nitrogen and oxygen atoms in total. The van der Waals surface area contributed by atoms with Gasteiger partial charge in [-0.25, -0.2) is 0 Å². The van der Waals surface area contributed by atoms with Gasteiger partial charge >= 0.3 is 0 Å². The predicted octanol–water partition coefficient (Wildman–Crippen LogP) is 5.15. The minimum absolute atomic E-state index is 0.0854. The van der Waals surface area contributed by atoms with E-state index in [9.17, 15) is 9.59 Å². The largest absolute Gasteiger partial charge is 0.326 e. The Bertz CT molecular complexity index is 768. The molecule has 0 unspecified atom stereocenters. The number of rotatable bonds is 4. The highest BCUT2D eigenvalue weighted by molar-refractivity contribution is 6.35. The van der Waals surface area contributed by atoms with Crippen LogP contribution in [-0.4, -0.2) is 11.8 Å². The van der Waals surface area contributed by atoms with Gasteiger partial charge in [-0.2, -0.15) is 0 Å². The van der Waals surface area contributed by atoms with Crippen LogP contribution in [0.5, 0.6) is 0 Å². The summed E-state index contributed by atoms with van der Waals surface area (Å²) in [7, 11) is 0. The molecule has 2 aromatic carbocycles. The quantitative estimate of drug-likeness (QED) is 0.787. The second-order valence-electron chi connectivity index (χ2n) is 5.79. The lowest BCUT2D eigenvalue weighted by atomic mass is 10.1. The van der Waals surface area contributed by atoms with E-state index in [1.165, 1.54) is 0 Å². The molecule has 0 heterocycles. The van der Waals surface area contributed by atoms with E-state index >= 15 is 0 Å². The molecule has 0 radical (unpaired) electrons. The second-order valence-corrected chi connectivity index (χ2v) is 6.66. The lowest BCUT2D eigenvalue weighted by Gasteiger charge is -2.13. The van der Waals surface area contributed by atoms with Crippen molar-refractivity contribution < 1.29 is 9.59 Å². The van der Waals surface area contributed by atoms with Crippen molar-refractivity contribution in [2.24, 2.45) is 5.92 Å². The summed E-state index contributed by atoms with van der Waals surface area (Å²) in [6, 6.07) is 10.00. The summed E-state index contributed by atoms with van der Waals surface area (Å²) in [6.45, 7) is 5.50. The van der Waals surface area contributed by atoms with E-state index in [2.05, 4.69) is 10.6 Å². The van der Waals surface area contributed by atoms with Crippen molar-refractivity contribution in [3.63, 3.8) is 0 Å². The maximum Gasteiger partial charge on any atom is 0.255 e. The van der Waals surface area contributed by atoms with Crippen LogP contribution in [0.15, 0.2) is 36.4 Å². The zero-order valence-electron chi connectivity index (χ0n) is 13.6. The number of carbonyl (C=O) groups is 2. The average molecular weight is 365 g/mol. The topological polar surface area (TPSA) is 58.2 Å². The molecule has 0 bridgehead atoms. The Labute approximate surface area is 151 Å². The minimum Gasteiger partial charge on any atom is -0.326 e. The van der Waals surface area contributed by atoms with Crippen LogP contribution >= 0.6 is 23.2 Å². The molecule has 2 amide bonds. The van der Waals surface area contributed by atoms with Crippen molar-refractivity contribution in [2.75, 3.05) is 10.6 Å². The Morgan fingerprint density at radius 3 is 2.17 bits per heavy atom. The normalized spacial score (nSPS) is 10.6. The zero-order chi connectivity index (χ0) is 17.9. The number of carbonyl (C=O) groups excluding carboxylic acids is 2. The van der Waals surface area contributed by atoms with Crippen LogP contribution in [0.25, 0.3) is 0 Å². The maximum atomic E-state index is 12.4. The van der Waals surface area contributed by atoms with E-state index in [1.807, 2.05) is 26.8 Å². The maximum absolute atomic E-state index is 12.4. The summed E-state index contributed by atoms with van der Waals surface area (Å²) in [5.41, 5.74) is 2.47. The van der Waals surface area contributed by atoms with Crippen molar-refractivity contribution >= 4 is 46.4 Å². The standard InChI is InChI=1S/C18H18Cl2N2O2/c1-10(2)17(23)21-15-5-4-11(3)16(9-15)22-18(24)12-6-13(19)8-14(20)7-12/h4-10H,1-3H3,(H,21,23)(H,22,24). The molecule has 6 heteroatoms. The Balaban J connectivity index is 2.22. The molecule has 0 aromatic heterocycles. The highest BCUT2D eigenvalue weighted by atomic mass is 35.5. The van der Waals surface area contributed by atoms with E-state index in [0.717, 1.165) is 5.56 Å². The van der Waals surface area contributed by atoms with Gasteiger partial charge in [-0.1, -0.05) is 43.1 Å². The van der Waals surface area contributed by atoms with Crippen LogP contribution in [0.3, 0.4) is 0 Å². The van der Waals surface area contributed by atoms with Crippen LogP contribution in [-0.2, 0) is 4.79 Å². The number of amides is 2. The lowest BCUT2D eigenvalue weighted by Crippen LogP contribution is -2.18. The number of hydrogen-bond acceptors (Lipinski definition) is 2. The van der Waals surface area contributed by atoms with Gasteiger partial charge in [0.1, 0.15) is 0 Å². The van der Waals surface area contributed by atoms with Gasteiger partial charge in [-0.15, -0.1) is 0 Å². The lowest BCUT2D eigenvalue weighted by molar-refractivity contribution is -0.118. The summed E-state index contributed by atoms with van der Waals surface area (Å²) in [5.74, 6) is -0.537. The van der Waals surface area contributed by atoms with Gasteiger partial charge in [0.25, 0.3) is 5.91 Å². The first-order valence-electron chi connectivity index (χ1n) is 7.45. The predicted molar refractivity (Wildman–Crippen MR) is 99.1 cm³/mol. The number of nitrogens with one attached hydrogen (secondary N) is 2. The number of anilines is 2. The fourth-order valence-electron chi connectivity index (χ4n) is 2.00. The molecule has 2 N–H and O–H groups in total. The van der Waals surface area contributed by atoms with Crippen molar-refractivity contribution in [3.05, 3.63) is 57.6 Å². The number of aryl methyl sites for hydroxylation is 1. The van der Waals surface area contributed by atoms with Gasteiger partial charge in [0.2, 0.25) is 5.91 Å². The highest BCUT2D eigenvalue weighted by Gasteiger charge is 2.12. The molecule has 0 saturated carbocycles. The molecule has 0 spiro atoms. The van der Waals surface area contributed by atoms with Crippen molar-refractivity contribution in [1.82, 2.24) is 0 Å². The van der Waals surface area contributed by atoms with Gasteiger partial charge < -0.3 is 10.6 Å². The highest BCUT2D eigenvalue weighted by Crippen LogP contribution is 2.23. The third-order valence-electron chi connectivity index (χ3n) is 3.40. The molecule has 0 saturated heterocycles. The third kappa shape index (κ3) is 4.73. The molecule has 2 rings (SSSR count). The van der Waals surface area contributed by atoms with Crippen molar-refractivity contribution in [3.8, 4) is 0 Å². The molecule has 0 aliphatic carbocycles. The van der Waals surface area contributed by atoms with Gasteiger partial charge in [-0.05, 0) is 42.8 Å². The van der Waals surface area contributed by atoms with Gasteiger partial charge in [0.05, 0.1) is 0 Å². The van der Waals surface area contributed by atoms with Crippen LogP contribution in [0, 0.1) is 12.8 Å². The van der Waals surface area contributed by atoms with Crippen LogP contribution in [0.2, 0.25) is 10.0 Å². The average Bonchev–Trinajstić information content (AvgIpc) is 2.49. The van der Waals surface area contributed by atoms with Crippen molar-refractivity contribution in [1.29, 1.82) is 0 Å². The summed E-state index contributed by atoms with van der Waals surface area (Å²) in [5, 5.41) is 6.41. The summed E-state index contributed by atoms with van der Waals surface area (Å²) in [4.78, 5) is 24.2. The van der Waals surface area contributed by atoms with Gasteiger partial charge in [-0.3, -0.25) is 9.59 Å². The van der Waals surface area contributed by atoms with E-state index in [1.54, 1.807) is 30.3 Å². The Hall–Kier alpha value is -2.04. The van der Waals surface area contributed by atoms with E-state index in [-0.39, 0.29) is 17.7 Å². The smallest absolute Gasteiger partial charge is 0.255 e. The molecule has 126 valence electrons. The number of halogens is 2. The summed E-state index contributed by atoms with van der Waals surface area (Å²) < 4.78 is 0. The van der Waals surface area contributed by atoms with E-state index in [4.69, 9.17) is 23.2 Å². The molecular weight excluding hydrogens is 347 g/mol. The molecule has 24 heavy (non-hydrogen) atoms. The summed E-state index contributed by atoms with van der Waals surface area (Å²) >= 11 is 11.9. The van der Waals surface area contributed by atoms with Crippen LogP contribution < -0.4 is 10.6 Å². The molecular formula is C18H18Cl2N2O2. The molecule has 0 aliphatic heterocycles. The first-order valence-corrected chi connectivity index (χ1v) is 8.21. The van der Waals surface area contributed by atoms with E-state index in [0.29, 0.717) is 27.0 Å². The third-order valence-corrected chi connectivity index (χ3v) is 3.84.